The van der Waals surface area contributed by atoms with Gasteiger partial charge in [0, 0.05) is 0 Å². The standard InChI is InChI=1S/C3H5BN2O2/c1-2-3-4(5-7)6-8/h2-3H,1H3/b3-2+. The Hall–Kier alpha value is -0.995. The second-order valence-corrected chi connectivity index (χ2v) is 1.15. The van der Waals surface area contributed by atoms with Crippen molar-refractivity contribution in [1.29, 1.82) is 0 Å². The molecule has 0 saturated carbocycles. The van der Waals surface area contributed by atoms with E-state index in [1.54, 1.807) is 13.0 Å². The van der Waals surface area contributed by atoms with Gasteiger partial charge in [-0.05, 0) is 6.92 Å². The van der Waals surface area contributed by atoms with Crippen LogP contribution in [-0.2, 0) is 0 Å². The number of nitroso groups, excluding NO2 is 2. The second kappa shape index (κ2) is 4.17. The molecule has 0 rings (SSSR count). The lowest BCUT2D eigenvalue weighted by Crippen LogP contribution is -1.97. The smallest absolute Gasteiger partial charge is 0.164 e. The number of allylic oxidation sites excluding steroid dienone is 1. The van der Waals surface area contributed by atoms with Gasteiger partial charge in [0.05, 0.1) is 0 Å². The summed E-state index contributed by atoms with van der Waals surface area (Å²) >= 11 is 0. The molecule has 0 saturated heterocycles. The molecule has 0 unspecified atom stereocenters. The number of hydrogen-bond acceptors (Lipinski definition) is 4. The summed E-state index contributed by atoms with van der Waals surface area (Å²) in [6.45, 7) is 0.642. The predicted octanol–water partition coefficient (Wildman–Crippen LogP) is 1.12. The van der Waals surface area contributed by atoms with Crippen LogP contribution in [0.15, 0.2) is 22.2 Å². The largest absolute Gasteiger partial charge is 0.541 e. The Kier molecular flexibility index (Phi) is 3.65. The van der Waals surface area contributed by atoms with Gasteiger partial charge in [-0.2, -0.15) is 9.81 Å². The summed E-state index contributed by atoms with van der Waals surface area (Å²) < 4.78 is 0. The molecule has 0 bridgehead atoms. The van der Waals surface area contributed by atoms with Crippen molar-refractivity contribution in [3.05, 3.63) is 21.9 Å². The van der Waals surface area contributed by atoms with E-state index in [-0.39, 0.29) is 0 Å². The van der Waals surface area contributed by atoms with E-state index in [4.69, 9.17) is 0 Å². The highest BCUT2D eigenvalue weighted by atomic mass is 16.3. The van der Waals surface area contributed by atoms with E-state index in [1.807, 2.05) is 0 Å². The molecule has 0 aromatic carbocycles. The summed E-state index contributed by atoms with van der Waals surface area (Å²) in [5, 5.41) is 4.76. The zero-order valence-electron chi connectivity index (χ0n) is 4.44. The molecule has 4 nitrogen and oxygen atoms in total. The normalized spacial score (nSPS) is 9.12. The highest BCUT2D eigenvalue weighted by Gasteiger charge is 2.10. The van der Waals surface area contributed by atoms with Crippen LogP contribution in [0.2, 0.25) is 0 Å². The van der Waals surface area contributed by atoms with Gasteiger partial charge in [0.15, 0.2) is 0 Å². The first-order valence-corrected chi connectivity index (χ1v) is 2.13. The summed E-state index contributed by atoms with van der Waals surface area (Å²) in [5.74, 6) is 1.32. The minimum absolute atomic E-state index is 1.04. The zero-order chi connectivity index (χ0) is 6.41. The van der Waals surface area contributed by atoms with Crippen molar-refractivity contribution in [2.24, 2.45) is 10.2 Å². The third-order valence-electron chi connectivity index (χ3n) is 0.581. The molecule has 0 aliphatic rings. The lowest BCUT2D eigenvalue weighted by Gasteiger charge is -1.76. The van der Waals surface area contributed by atoms with Crippen LogP contribution in [0, 0.1) is 9.81 Å². The molecule has 0 aliphatic heterocycles. The van der Waals surface area contributed by atoms with Crippen LogP contribution in [0.25, 0.3) is 0 Å². The SMILES string of the molecule is C/C=C/B(N=O)N=O. The monoisotopic (exact) mass is 112 g/mol. The first-order chi connectivity index (χ1) is 3.85. The van der Waals surface area contributed by atoms with E-state index < -0.39 is 6.98 Å². The number of nitrogens with zero attached hydrogens (tertiary/aromatic N) is 2. The van der Waals surface area contributed by atoms with Crippen molar-refractivity contribution in [1.82, 2.24) is 0 Å². The molecule has 0 spiro atoms. The molecule has 0 fully saturated rings. The highest BCUT2D eigenvalue weighted by molar-refractivity contribution is 6.60. The Balaban J connectivity index is 3.69. The highest BCUT2D eigenvalue weighted by Crippen LogP contribution is 1.86. The maximum absolute atomic E-state index is 9.53. The summed E-state index contributed by atoms with van der Waals surface area (Å²) in [6.07, 6.45) is 1.55. The minimum atomic E-state index is -1.04. The molecular weight excluding hydrogens is 107 g/mol. The molecule has 5 heteroatoms. The Bertz CT molecular complexity index is 106. The minimum Gasteiger partial charge on any atom is -0.164 e. The molecule has 0 radical (unpaired) electrons. The quantitative estimate of drug-likeness (QED) is 0.405. The van der Waals surface area contributed by atoms with E-state index in [1.165, 1.54) is 5.98 Å². The van der Waals surface area contributed by atoms with Crippen LogP contribution in [0.4, 0.5) is 0 Å². The van der Waals surface area contributed by atoms with Gasteiger partial charge in [-0.3, -0.25) is 0 Å². The maximum atomic E-state index is 9.53. The fraction of sp³-hybridized carbons (Fsp3) is 0.333. The van der Waals surface area contributed by atoms with Gasteiger partial charge in [0.25, 0.3) is 0 Å². The third kappa shape index (κ3) is 2.23. The van der Waals surface area contributed by atoms with Crippen molar-refractivity contribution in [3.63, 3.8) is 0 Å². The van der Waals surface area contributed by atoms with E-state index in [0.717, 1.165) is 0 Å². The first-order valence-electron chi connectivity index (χ1n) is 2.13. The molecule has 0 atom stereocenters. The Labute approximate surface area is 47.0 Å². The Morgan fingerprint density at radius 3 is 2.00 bits per heavy atom. The van der Waals surface area contributed by atoms with Crippen molar-refractivity contribution in [2.45, 2.75) is 6.92 Å². The number of rotatable bonds is 3. The summed E-state index contributed by atoms with van der Waals surface area (Å²) in [5.41, 5.74) is 0. The van der Waals surface area contributed by atoms with Crippen molar-refractivity contribution in [2.75, 3.05) is 0 Å². The van der Waals surface area contributed by atoms with Crippen LogP contribution in [-0.4, -0.2) is 6.98 Å². The molecule has 0 heterocycles. The second-order valence-electron chi connectivity index (χ2n) is 1.15. The van der Waals surface area contributed by atoms with E-state index in [0.29, 0.717) is 0 Å². The van der Waals surface area contributed by atoms with Gasteiger partial charge in [0.2, 0.25) is 0 Å². The topological polar surface area (TPSA) is 58.9 Å². The molecule has 8 heavy (non-hydrogen) atoms. The molecule has 0 amide bonds. The van der Waals surface area contributed by atoms with Gasteiger partial charge in [0.1, 0.15) is 0 Å². The average molecular weight is 112 g/mol. The van der Waals surface area contributed by atoms with E-state index in [9.17, 15) is 9.81 Å². The Morgan fingerprint density at radius 1 is 1.38 bits per heavy atom. The summed E-state index contributed by atoms with van der Waals surface area (Å²) in [4.78, 5) is 19.1. The van der Waals surface area contributed by atoms with Crippen LogP contribution >= 0.6 is 0 Å². The fourth-order valence-electron chi connectivity index (χ4n) is 0.262. The van der Waals surface area contributed by atoms with Gasteiger partial charge in [-0.1, -0.05) is 22.2 Å². The average Bonchev–Trinajstić information content (AvgIpc) is 1.83. The molecule has 0 aromatic heterocycles. The van der Waals surface area contributed by atoms with E-state index in [2.05, 4.69) is 10.2 Å². The van der Waals surface area contributed by atoms with Gasteiger partial charge < -0.3 is 0 Å². The number of hydrogen-bond donors (Lipinski definition) is 0. The van der Waals surface area contributed by atoms with Crippen LogP contribution in [0.5, 0.6) is 0 Å². The molecule has 42 valence electrons. The van der Waals surface area contributed by atoms with Crippen molar-refractivity contribution in [3.8, 4) is 0 Å². The van der Waals surface area contributed by atoms with Gasteiger partial charge in [-0.25, -0.2) is 0 Å². The third-order valence-corrected chi connectivity index (χ3v) is 0.581. The van der Waals surface area contributed by atoms with Crippen LogP contribution in [0.1, 0.15) is 6.92 Å². The lowest BCUT2D eigenvalue weighted by atomic mass is 9.81. The zero-order valence-corrected chi connectivity index (χ0v) is 4.44. The predicted molar refractivity (Wildman–Crippen MR) is 32.2 cm³/mol. The molecular formula is C3H5BN2O2. The van der Waals surface area contributed by atoms with Gasteiger partial charge in [-0.15, -0.1) is 0 Å². The van der Waals surface area contributed by atoms with Crippen LogP contribution in [0.3, 0.4) is 0 Å². The van der Waals surface area contributed by atoms with E-state index >= 15 is 0 Å². The summed E-state index contributed by atoms with van der Waals surface area (Å²) in [6, 6.07) is 0. The first kappa shape index (κ1) is 7.00. The van der Waals surface area contributed by atoms with Crippen molar-refractivity contribution >= 4 is 6.98 Å². The summed E-state index contributed by atoms with van der Waals surface area (Å²) in [7, 11) is 0. The molecule has 0 aromatic rings. The van der Waals surface area contributed by atoms with Crippen LogP contribution < -0.4 is 0 Å². The maximum Gasteiger partial charge on any atom is 0.541 e. The van der Waals surface area contributed by atoms with Gasteiger partial charge >= 0.3 is 6.98 Å². The Morgan fingerprint density at radius 2 is 1.88 bits per heavy atom. The lowest BCUT2D eigenvalue weighted by molar-refractivity contribution is 1.57. The molecule has 0 N–H and O–H groups in total. The molecule has 0 aliphatic carbocycles. The fourth-order valence-corrected chi connectivity index (χ4v) is 0.262. The van der Waals surface area contributed by atoms with Crippen molar-refractivity contribution < 1.29 is 0 Å².